The maximum atomic E-state index is 12.9. The van der Waals surface area contributed by atoms with Crippen molar-refractivity contribution in [1.29, 1.82) is 0 Å². The lowest BCUT2D eigenvalue weighted by Crippen LogP contribution is -2.35. The van der Waals surface area contributed by atoms with E-state index in [1.807, 2.05) is 0 Å². The van der Waals surface area contributed by atoms with Crippen molar-refractivity contribution in [3.8, 4) is 0 Å². The molecule has 96 valence electrons. The Morgan fingerprint density at radius 3 is 2.76 bits per heavy atom. The zero-order chi connectivity index (χ0) is 12.5. The average molecular weight is 255 g/mol. The van der Waals surface area contributed by atoms with Crippen molar-refractivity contribution >= 4 is 0 Å². The Kier molecular flexibility index (Phi) is 3.29. The van der Waals surface area contributed by atoms with Crippen molar-refractivity contribution in [2.24, 2.45) is 0 Å². The van der Waals surface area contributed by atoms with Crippen LogP contribution in [0.25, 0.3) is 0 Å². The van der Waals surface area contributed by atoms with E-state index in [-0.39, 0.29) is 12.4 Å². The van der Waals surface area contributed by atoms with Gasteiger partial charge in [0, 0.05) is 6.54 Å². The number of halogens is 4. The normalized spacial score (nSPS) is 22.1. The third-order valence-corrected chi connectivity index (χ3v) is 2.23. The molecule has 0 radical (unpaired) electrons. The molecule has 1 atom stereocenters. The molecule has 2 heterocycles. The van der Waals surface area contributed by atoms with Gasteiger partial charge in [-0.25, -0.2) is 8.78 Å². The minimum absolute atomic E-state index is 0.111. The van der Waals surface area contributed by atoms with Crippen molar-refractivity contribution < 1.29 is 26.8 Å². The van der Waals surface area contributed by atoms with Gasteiger partial charge >= 0.3 is 18.2 Å². The smallest absolute Gasteiger partial charge is 0.378 e. The van der Waals surface area contributed by atoms with Crippen molar-refractivity contribution in [3.05, 3.63) is 11.7 Å². The summed E-state index contributed by atoms with van der Waals surface area (Å²) in [6, 6.07) is -0.519. The van der Waals surface area contributed by atoms with Gasteiger partial charge in [0.05, 0.1) is 19.3 Å². The lowest BCUT2D eigenvalue weighted by Gasteiger charge is -2.20. The summed E-state index contributed by atoms with van der Waals surface area (Å²) in [5.41, 5.74) is 0. The first-order valence-corrected chi connectivity index (χ1v) is 4.83. The summed E-state index contributed by atoms with van der Waals surface area (Å²) in [6.07, 6.45) is -3.88. The Hall–Kier alpha value is -1.22. The Bertz CT molecular complexity index is 379. The van der Waals surface area contributed by atoms with Crippen LogP contribution in [0.3, 0.4) is 0 Å². The molecular weight excluding hydrogens is 246 g/mol. The van der Waals surface area contributed by atoms with Crippen molar-refractivity contribution in [3.63, 3.8) is 0 Å². The van der Waals surface area contributed by atoms with Crippen LogP contribution in [-0.4, -0.2) is 36.3 Å². The van der Waals surface area contributed by atoms with E-state index in [0.717, 1.165) is 0 Å². The van der Waals surface area contributed by atoms with Gasteiger partial charge in [-0.1, -0.05) is 5.16 Å². The van der Waals surface area contributed by atoms with Crippen molar-refractivity contribution in [1.82, 2.24) is 15.5 Å². The third kappa shape index (κ3) is 2.39. The lowest BCUT2D eigenvalue weighted by molar-refractivity contribution is -0.152. The van der Waals surface area contributed by atoms with Gasteiger partial charge in [-0.3, -0.25) is 0 Å². The Morgan fingerprint density at radius 2 is 2.18 bits per heavy atom. The molecule has 1 saturated heterocycles. The Balaban J connectivity index is 2.15. The maximum Gasteiger partial charge on any atom is 0.383 e. The third-order valence-electron chi connectivity index (χ3n) is 2.23. The maximum absolute atomic E-state index is 12.9. The summed E-state index contributed by atoms with van der Waals surface area (Å²) in [7, 11) is 0. The van der Waals surface area contributed by atoms with Gasteiger partial charge in [-0.05, 0) is 0 Å². The van der Waals surface area contributed by atoms with Gasteiger partial charge in [0.2, 0.25) is 0 Å². The monoisotopic (exact) mass is 255 g/mol. The second-order valence-electron chi connectivity index (χ2n) is 3.46. The van der Waals surface area contributed by atoms with Crippen LogP contribution in [0, 0.1) is 0 Å². The first-order chi connectivity index (χ1) is 8.01. The van der Waals surface area contributed by atoms with Crippen LogP contribution in [0.4, 0.5) is 17.6 Å². The molecule has 0 aliphatic carbocycles. The summed E-state index contributed by atoms with van der Waals surface area (Å²) < 4.78 is 59.0. The Labute approximate surface area is 93.1 Å². The fourth-order valence-electron chi connectivity index (χ4n) is 1.34. The van der Waals surface area contributed by atoms with E-state index in [2.05, 4.69) is 20.0 Å². The number of hydrogen-bond acceptors (Lipinski definition) is 5. The SMILES string of the molecule is FC(F)C(F)(F)c1nc(C2COCCN2)no1. The molecule has 0 saturated carbocycles. The molecule has 2 rings (SSSR count). The van der Waals surface area contributed by atoms with E-state index in [1.54, 1.807) is 0 Å². The molecule has 17 heavy (non-hydrogen) atoms. The summed E-state index contributed by atoms with van der Waals surface area (Å²) in [5.74, 6) is -5.92. The van der Waals surface area contributed by atoms with E-state index in [4.69, 9.17) is 4.74 Å². The fraction of sp³-hybridized carbons (Fsp3) is 0.750. The molecule has 1 fully saturated rings. The number of hydrogen-bond donors (Lipinski definition) is 1. The van der Waals surface area contributed by atoms with Crippen LogP contribution >= 0.6 is 0 Å². The van der Waals surface area contributed by atoms with E-state index in [0.29, 0.717) is 13.2 Å². The molecule has 0 amide bonds. The van der Waals surface area contributed by atoms with E-state index in [1.165, 1.54) is 0 Å². The van der Waals surface area contributed by atoms with Crippen LogP contribution in [0.5, 0.6) is 0 Å². The van der Waals surface area contributed by atoms with Crippen LogP contribution in [0.2, 0.25) is 0 Å². The number of alkyl halides is 4. The number of aromatic nitrogens is 2. The standard InChI is InChI=1S/C8H9F4N3O2/c9-6(10)8(11,12)7-14-5(15-17-7)4-3-16-2-1-13-4/h4,6,13H,1-3H2. The second-order valence-corrected chi connectivity index (χ2v) is 3.46. The lowest BCUT2D eigenvalue weighted by atomic mass is 10.2. The highest BCUT2D eigenvalue weighted by molar-refractivity contribution is 5.00. The minimum Gasteiger partial charge on any atom is -0.378 e. The van der Waals surface area contributed by atoms with Crippen LogP contribution in [0.1, 0.15) is 17.8 Å². The minimum atomic E-state index is -4.43. The molecule has 1 unspecified atom stereocenters. The molecule has 0 bridgehead atoms. The van der Waals surface area contributed by atoms with Crippen molar-refractivity contribution in [2.45, 2.75) is 18.4 Å². The molecule has 1 aromatic rings. The molecule has 5 nitrogen and oxygen atoms in total. The van der Waals surface area contributed by atoms with Gasteiger partial charge in [-0.15, -0.1) is 0 Å². The molecule has 1 aliphatic heterocycles. The summed E-state index contributed by atoms with van der Waals surface area (Å²) in [4.78, 5) is 3.28. The Morgan fingerprint density at radius 1 is 1.41 bits per heavy atom. The van der Waals surface area contributed by atoms with Crippen LogP contribution in [0.15, 0.2) is 4.52 Å². The quantitative estimate of drug-likeness (QED) is 0.819. The number of rotatable bonds is 3. The summed E-state index contributed by atoms with van der Waals surface area (Å²) in [5, 5.41) is 6.13. The molecule has 1 aliphatic rings. The van der Waals surface area contributed by atoms with Crippen molar-refractivity contribution in [2.75, 3.05) is 19.8 Å². The zero-order valence-electron chi connectivity index (χ0n) is 8.50. The van der Waals surface area contributed by atoms with Crippen LogP contribution < -0.4 is 5.32 Å². The van der Waals surface area contributed by atoms with Gasteiger partial charge in [0.25, 0.3) is 0 Å². The molecular formula is C8H9F4N3O2. The number of morpholine rings is 1. The predicted octanol–water partition coefficient (Wildman–Crippen LogP) is 1.09. The molecule has 0 spiro atoms. The second kappa shape index (κ2) is 4.57. The summed E-state index contributed by atoms with van der Waals surface area (Å²) >= 11 is 0. The highest BCUT2D eigenvalue weighted by Gasteiger charge is 2.48. The molecule has 0 aromatic carbocycles. The highest BCUT2D eigenvalue weighted by Crippen LogP contribution is 2.33. The largest absolute Gasteiger partial charge is 0.383 e. The predicted molar refractivity (Wildman–Crippen MR) is 45.8 cm³/mol. The van der Waals surface area contributed by atoms with Gasteiger partial charge in [0.1, 0.15) is 0 Å². The van der Waals surface area contributed by atoms with Gasteiger partial charge < -0.3 is 14.6 Å². The average Bonchev–Trinajstić information content (AvgIpc) is 2.80. The number of nitrogens with zero attached hydrogens (tertiary/aromatic N) is 2. The van der Waals surface area contributed by atoms with E-state index < -0.39 is 24.3 Å². The topological polar surface area (TPSA) is 60.2 Å². The molecule has 1 N–H and O–H groups in total. The number of ether oxygens (including phenoxy) is 1. The highest BCUT2D eigenvalue weighted by atomic mass is 19.3. The van der Waals surface area contributed by atoms with E-state index in [9.17, 15) is 17.6 Å². The summed E-state index contributed by atoms with van der Waals surface area (Å²) in [6.45, 7) is 1.16. The first-order valence-electron chi connectivity index (χ1n) is 4.83. The van der Waals surface area contributed by atoms with Gasteiger partial charge in [-0.2, -0.15) is 13.8 Å². The molecule has 9 heteroatoms. The zero-order valence-corrected chi connectivity index (χ0v) is 8.50. The fourth-order valence-corrected chi connectivity index (χ4v) is 1.34. The first kappa shape index (κ1) is 12.2. The van der Waals surface area contributed by atoms with Gasteiger partial charge in [0.15, 0.2) is 5.82 Å². The van der Waals surface area contributed by atoms with Crippen LogP contribution in [-0.2, 0) is 10.7 Å². The number of nitrogens with one attached hydrogen (secondary N) is 1. The van der Waals surface area contributed by atoms with E-state index >= 15 is 0 Å². The molecule has 1 aromatic heterocycles.